The minimum atomic E-state index is -1.24. The van der Waals surface area contributed by atoms with Crippen LogP contribution in [0.4, 0.5) is 4.39 Å². The molecule has 1 aromatic carbocycles. The van der Waals surface area contributed by atoms with E-state index >= 15 is 0 Å². The average molecular weight is 229 g/mol. The van der Waals surface area contributed by atoms with Gasteiger partial charge in [0.15, 0.2) is 0 Å². The van der Waals surface area contributed by atoms with Crippen molar-refractivity contribution in [3.05, 3.63) is 35.6 Å². The second-order valence-corrected chi connectivity index (χ2v) is 3.31. The minimum absolute atomic E-state index is 0.257. The SMILES string of the molecule is CN(C)CCO.O=C(O)c1ccccc1F. The van der Waals surface area contributed by atoms with Crippen molar-refractivity contribution in [2.75, 3.05) is 27.2 Å². The van der Waals surface area contributed by atoms with Gasteiger partial charge in [0, 0.05) is 6.54 Å². The van der Waals surface area contributed by atoms with E-state index in [9.17, 15) is 9.18 Å². The van der Waals surface area contributed by atoms with Gasteiger partial charge in [-0.05, 0) is 26.2 Å². The molecule has 0 saturated carbocycles. The van der Waals surface area contributed by atoms with Gasteiger partial charge in [-0.15, -0.1) is 0 Å². The monoisotopic (exact) mass is 229 g/mol. The van der Waals surface area contributed by atoms with Crippen LogP contribution in [0.5, 0.6) is 0 Å². The molecule has 0 aliphatic rings. The molecule has 4 nitrogen and oxygen atoms in total. The number of hydrogen-bond acceptors (Lipinski definition) is 3. The molecule has 0 atom stereocenters. The maximum Gasteiger partial charge on any atom is 0.338 e. The second-order valence-electron chi connectivity index (χ2n) is 3.31. The highest BCUT2D eigenvalue weighted by molar-refractivity contribution is 5.87. The number of benzene rings is 1. The predicted molar refractivity (Wildman–Crippen MR) is 59.0 cm³/mol. The fourth-order valence-electron chi connectivity index (χ4n) is 0.835. The van der Waals surface area contributed by atoms with Crippen LogP contribution in [-0.4, -0.2) is 48.3 Å². The summed E-state index contributed by atoms with van der Waals surface area (Å²) in [5.41, 5.74) is -0.289. The molecule has 1 aromatic rings. The molecule has 0 aliphatic carbocycles. The highest BCUT2D eigenvalue weighted by Gasteiger charge is 2.06. The largest absolute Gasteiger partial charge is 0.478 e. The van der Waals surface area contributed by atoms with Crippen molar-refractivity contribution in [2.45, 2.75) is 0 Å². The first-order chi connectivity index (χ1) is 7.49. The van der Waals surface area contributed by atoms with Crippen molar-refractivity contribution in [3.8, 4) is 0 Å². The zero-order chi connectivity index (χ0) is 12.6. The van der Waals surface area contributed by atoms with Gasteiger partial charge in [-0.2, -0.15) is 0 Å². The first-order valence-corrected chi connectivity index (χ1v) is 4.72. The van der Waals surface area contributed by atoms with Crippen LogP contribution < -0.4 is 0 Å². The average Bonchev–Trinajstić information content (AvgIpc) is 2.18. The molecule has 0 saturated heterocycles. The lowest BCUT2D eigenvalue weighted by Gasteiger charge is -2.03. The Morgan fingerprint density at radius 3 is 2.19 bits per heavy atom. The Kier molecular flexibility index (Phi) is 7.07. The number of halogens is 1. The summed E-state index contributed by atoms with van der Waals surface area (Å²) in [5.74, 6) is -1.94. The lowest BCUT2D eigenvalue weighted by molar-refractivity contribution is 0.0692. The van der Waals surface area contributed by atoms with E-state index in [1.165, 1.54) is 18.2 Å². The summed E-state index contributed by atoms with van der Waals surface area (Å²) in [6, 6.07) is 5.26. The van der Waals surface area contributed by atoms with Gasteiger partial charge >= 0.3 is 5.97 Å². The van der Waals surface area contributed by atoms with E-state index in [-0.39, 0.29) is 12.2 Å². The van der Waals surface area contributed by atoms with Crippen LogP contribution in [0.25, 0.3) is 0 Å². The first kappa shape index (κ1) is 14.5. The molecule has 1 rings (SSSR count). The summed E-state index contributed by atoms with van der Waals surface area (Å²) in [7, 11) is 3.85. The molecule has 0 radical (unpaired) electrons. The predicted octanol–water partition coefficient (Wildman–Crippen LogP) is 1.06. The summed E-state index contributed by atoms with van der Waals surface area (Å²) in [5, 5.41) is 16.5. The molecule has 5 heteroatoms. The second kappa shape index (κ2) is 7.78. The van der Waals surface area contributed by atoms with Crippen LogP contribution in [0.3, 0.4) is 0 Å². The fourth-order valence-corrected chi connectivity index (χ4v) is 0.835. The first-order valence-electron chi connectivity index (χ1n) is 4.72. The molecule has 0 aromatic heterocycles. The van der Waals surface area contributed by atoms with Gasteiger partial charge in [0.25, 0.3) is 0 Å². The normalized spacial score (nSPS) is 9.56. The number of aromatic carboxylic acids is 1. The van der Waals surface area contributed by atoms with E-state index in [0.29, 0.717) is 0 Å². The van der Waals surface area contributed by atoms with Crippen molar-refractivity contribution in [1.82, 2.24) is 4.90 Å². The summed E-state index contributed by atoms with van der Waals surface area (Å²) in [6.07, 6.45) is 0. The highest BCUT2D eigenvalue weighted by Crippen LogP contribution is 2.04. The number of aliphatic hydroxyl groups excluding tert-OH is 1. The van der Waals surface area contributed by atoms with Crippen molar-refractivity contribution < 1.29 is 19.4 Å². The maximum atomic E-state index is 12.5. The number of nitrogens with zero attached hydrogens (tertiary/aromatic N) is 1. The lowest BCUT2D eigenvalue weighted by Crippen LogP contribution is -2.15. The Morgan fingerprint density at radius 1 is 1.38 bits per heavy atom. The van der Waals surface area contributed by atoms with Crippen molar-refractivity contribution in [3.63, 3.8) is 0 Å². The molecule has 16 heavy (non-hydrogen) atoms. The number of carboxylic acid groups (broad SMARTS) is 1. The molecule has 2 N–H and O–H groups in total. The quantitative estimate of drug-likeness (QED) is 0.813. The van der Waals surface area contributed by atoms with Gasteiger partial charge < -0.3 is 15.1 Å². The number of carboxylic acids is 1. The van der Waals surface area contributed by atoms with E-state index in [1.807, 2.05) is 19.0 Å². The smallest absolute Gasteiger partial charge is 0.338 e. The zero-order valence-electron chi connectivity index (χ0n) is 9.35. The molecule has 0 unspecified atom stereocenters. The third kappa shape index (κ3) is 6.10. The number of likely N-dealkylation sites (N-methyl/N-ethyl adjacent to an activating group) is 1. The highest BCUT2D eigenvalue weighted by atomic mass is 19.1. The van der Waals surface area contributed by atoms with Gasteiger partial charge in [0.05, 0.1) is 12.2 Å². The standard InChI is InChI=1S/C7H5FO2.C4H11NO/c8-6-4-2-1-3-5(6)7(9)10;1-5(2)3-4-6/h1-4H,(H,9,10);6H,3-4H2,1-2H3. The van der Waals surface area contributed by atoms with Gasteiger partial charge in [0.1, 0.15) is 5.82 Å². The van der Waals surface area contributed by atoms with E-state index in [0.717, 1.165) is 12.6 Å². The summed E-state index contributed by atoms with van der Waals surface area (Å²) in [6.45, 7) is 1.02. The summed E-state index contributed by atoms with van der Waals surface area (Å²) >= 11 is 0. The van der Waals surface area contributed by atoms with Crippen molar-refractivity contribution >= 4 is 5.97 Å². The van der Waals surface area contributed by atoms with Crippen molar-refractivity contribution in [2.24, 2.45) is 0 Å². The fraction of sp³-hybridized carbons (Fsp3) is 0.364. The molecule has 0 bridgehead atoms. The van der Waals surface area contributed by atoms with Crippen LogP contribution in [0.15, 0.2) is 24.3 Å². The molecule has 0 heterocycles. The van der Waals surface area contributed by atoms with E-state index in [2.05, 4.69) is 0 Å². The van der Waals surface area contributed by atoms with Crippen LogP contribution in [-0.2, 0) is 0 Å². The van der Waals surface area contributed by atoms with Crippen LogP contribution in [0, 0.1) is 5.82 Å². The molecule has 0 spiro atoms. The number of rotatable bonds is 3. The Labute approximate surface area is 93.9 Å². The van der Waals surface area contributed by atoms with Gasteiger partial charge in [-0.3, -0.25) is 0 Å². The van der Waals surface area contributed by atoms with Gasteiger partial charge in [-0.25, -0.2) is 9.18 Å². The zero-order valence-corrected chi connectivity index (χ0v) is 9.35. The molecule has 0 aliphatic heterocycles. The van der Waals surface area contributed by atoms with Crippen LogP contribution in [0.1, 0.15) is 10.4 Å². The Morgan fingerprint density at radius 2 is 1.94 bits per heavy atom. The van der Waals surface area contributed by atoms with E-state index in [1.54, 1.807) is 0 Å². The molecule has 90 valence electrons. The minimum Gasteiger partial charge on any atom is -0.478 e. The Balaban J connectivity index is 0.000000325. The van der Waals surface area contributed by atoms with Crippen LogP contribution in [0.2, 0.25) is 0 Å². The third-order valence-electron chi connectivity index (χ3n) is 1.65. The van der Waals surface area contributed by atoms with Gasteiger partial charge in [-0.1, -0.05) is 12.1 Å². The third-order valence-corrected chi connectivity index (χ3v) is 1.65. The molecular formula is C11H16FNO3. The Hall–Kier alpha value is -1.46. The number of hydrogen-bond donors (Lipinski definition) is 2. The molecular weight excluding hydrogens is 213 g/mol. The van der Waals surface area contributed by atoms with Gasteiger partial charge in [0.2, 0.25) is 0 Å². The van der Waals surface area contributed by atoms with Crippen molar-refractivity contribution in [1.29, 1.82) is 0 Å². The topological polar surface area (TPSA) is 60.8 Å². The van der Waals surface area contributed by atoms with Crippen LogP contribution >= 0.6 is 0 Å². The molecule has 0 fully saturated rings. The molecule has 0 amide bonds. The van der Waals surface area contributed by atoms with E-state index < -0.39 is 11.8 Å². The maximum absolute atomic E-state index is 12.5. The number of carbonyl (C=O) groups is 1. The number of aliphatic hydroxyl groups is 1. The Bertz CT molecular complexity index is 329. The summed E-state index contributed by atoms with van der Waals surface area (Å²) < 4.78 is 12.5. The van der Waals surface area contributed by atoms with E-state index in [4.69, 9.17) is 10.2 Å². The lowest BCUT2D eigenvalue weighted by atomic mass is 10.2. The summed E-state index contributed by atoms with van der Waals surface area (Å²) in [4.78, 5) is 12.1.